The van der Waals surface area contributed by atoms with E-state index in [-0.39, 0.29) is 11.7 Å². The van der Waals surface area contributed by atoms with Crippen LogP contribution >= 0.6 is 0 Å². The summed E-state index contributed by atoms with van der Waals surface area (Å²) in [5, 5.41) is 0. The lowest BCUT2D eigenvalue weighted by Crippen LogP contribution is -2.20. The highest BCUT2D eigenvalue weighted by atomic mass is 16.7. The molecular weight excluding hydrogens is 348 g/mol. The molecule has 0 aromatic heterocycles. The van der Waals surface area contributed by atoms with E-state index in [2.05, 4.69) is 65.8 Å². The predicted octanol–water partition coefficient (Wildman–Crippen LogP) is 6.63. The van der Waals surface area contributed by atoms with Gasteiger partial charge in [0.1, 0.15) is 18.1 Å². The molecule has 0 saturated heterocycles. The van der Waals surface area contributed by atoms with Crippen molar-refractivity contribution in [3.8, 4) is 11.5 Å². The summed E-state index contributed by atoms with van der Waals surface area (Å²) < 4.78 is 17.5. The number of rotatable bonds is 9. The van der Waals surface area contributed by atoms with Gasteiger partial charge in [0.2, 0.25) is 0 Å². The molecule has 3 heteroatoms. The van der Waals surface area contributed by atoms with E-state index in [0.717, 1.165) is 23.5 Å². The Bertz CT molecular complexity index is 728. The number of ether oxygens (including phenoxy) is 3. The molecule has 0 aliphatic rings. The van der Waals surface area contributed by atoms with Crippen molar-refractivity contribution in [2.24, 2.45) is 0 Å². The molecular formula is C25H36O3. The van der Waals surface area contributed by atoms with E-state index in [1.54, 1.807) is 0 Å². The summed E-state index contributed by atoms with van der Waals surface area (Å²) in [5.74, 6) is 2.30. The minimum absolute atomic E-state index is 0.152. The Labute approximate surface area is 171 Å². The zero-order chi connectivity index (χ0) is 20.7. The number of aryl methyl sites for hydroxylation is 1. The molecule has 2 aromatic carbocycles. The molecule has 0 aliphatic carbocycles. The fourth-order valence-electron chi connectivity index (χ4n) is 2.98. The van der Waals surface area contributed by atoms with Crippen LogP contribution < -0.4 is 9.47 Å². The second-order valence-corrected chi connectivity index (χ2v) is 8.51. The van der Waals surface area contributed by atoms with Crippen LogP contribution in [0.1, 0.15) is 70.6 Å². The standard InChI is InChI=1S/C25H36O3/c1-8-18(2)21-9-14-24(19(3)17-21)28-20(4)26-15-16-27-23-12-10-22(11-13-23)25(5,6)7/h9-14,17-18,20H,8,15-16H2,1-7H3. The molecule has 0 radical (unpaired) electrons. The van der Waals surface area contributed by atoms with E-state index in [1.165, 1.54) is 11.1 Å². The maximum Gasteiger partial charge on any atom is 0.197 e. The summed E-state index contributed by atoms with van der Waals surface area (Å²) in [6.45, 7) is 16.0. The molecule has 0 amide bonds. The van der Waals surface area contributed by atoms with E-state index in [4.69, 9.17) is 14.2 Å². The van der Waals surface area contributed by atoms with Crippen LogP contribution in [-0.2, 0) is 10.2 Å². The van der Waals surface area contributed by atoms with Gasteiger partial charge in [-0.15, -0.1) is 0 Å². The lowest BCUT2D eigenvalue weighted by atomic mass is 9.87. The third-order valence-corrected chi connectivity index (χ3v) is 5.10. The van der Waals surface area contributed by atoms with Gasteiger partial charge in [0.05, 0.1) is 6.61 Å². The Balaban J connectivity index is 1.76. The summed E-state index contributed by atoms with van der Waals surface area (Å²) >= 11 is 0. The average Bonchev–Trinajstić information content (AvgIpc) is 2.66. The molecule has 154 valence electrons. The van der Waals surface area contributed by atoms with Crippen LogP contribution in [0.25, 0.3) is 0 Å². The Kier molecular flexibility index (Phi) is 7.94. The second kappa shape index (κ2) is 9.97. The van der Waals surface area contributed by atoms with Gasteiger partial charge >= 0.3 is 0 Å². The first-order chi connectivity index (χ1) is 13.2. The Hall–Kier alpha value is -2.00. The minimum atomic E-state index is -0.319. The Morgan fingerprint density at radius 3 is 2.18 bits per heavy atom. The number of hydrogen-bond acceptors (Lipinski definition) is 3. The molecule has 2 rings (SSSR count). The lowest BCUT2D eigenvalue weighted by molar-refractivity contribution is -0.0742. The molecule has 2 unspecified atom stereocenters. The molecule has 2 atom stereocenters. The van der Waals surface area contributed by atoms with Crippen LogP contribution in [0, 0.1) is 6.92 Å². The summed E-state index contributed by atoms with van der Waals surface area (Å²) in [6, 6.07) is 14.7. The van der Waals surface area contributed by atoms with Crippen LogP contribution in [0.2, 0.25) is 0 Å². The number of benzene rings is 2. The van der Waals surface area contributed by atoms with Gasteiger partial charge in [-0.1, -0.05) is 58.9 Å². The zero-order valence-corrected chi connectivity index (χ0v) is 18.5. The lowest BCUT2D eigenvalue weighted by Gasteiger charge is -2.20. The van der Waals surface area contributed by atoms with Crippen LogP contribution in [0.15, 0.2) is 42.5 Å². The van der Waals surface area contributed by atoms with Gasteiger partial charge in [0.15, 0.2) is 6.29 Å². The van der Waals surface area contributed by atoms with Gasteiger partial charge in [-0.05, 0) is 66.5 Å². The maximum absolute atomic E-state index is 5.94. The first-order valence-corrected chi connectivity index (χ1v) is 10.3. The van der Waals surface area contributed by atoms with Crippen molar-refractivity contribution in [2.75, 3.05) is 13.2 Å². The zero-order valence-electron chi connectivity index (χ0n) is 18.5. The van der Waals surface area contributed by atoms with E-state index in [1.807, 2.05) is 25.1 Å². The SMILES string of the molecule is CCC(C)c1ccc(OC(C)OCCOc2ccc(C(C)(C)C)cc2)c(C)c1. The molecule has 0 N–H and O–H groups in total. The normalized spacial score (nSPS) is 13.8. The summed E-state index contributed by atoms with van der Waals surface area (Å²) in [4.78, 5) is 0. The third-order valence-electron chi connectivity index (χ3n) is 5.10. The third kappa shape index (κ3) is 6.56. The van der Waals surface area contributed by atoms with Crippen LogP contribution in [-0.4, -0.2) is 19.5 Å². The highest BCUT2D eigenvalue weighted by Gasteiger charge is 2.13. The maximum atomic E-state index is 5.94. The highest BCUT2D eigenvalue weighted by molar-refractivity contribution is 5.37. The molecule has 0 bridgehead atoms. The Morgan fingerprint density at radius 1 is 0.929 bits per heavy atom. The monoisotopic (exact) mass is 384 g/mol. The van der Waals surface area contributed by atoms with Gasteiger partial charge in [-0.3, -0.25) is 0 Å². The van der Waals surface area contributed by atoms with Gasteiger partial charge in [-0.2, -0.15) is 0 Å². The molecule has 0 aliphatic heterocycles. The first kappa shape index (κ1) is 22.3. The molecule has 28 heavy (non-hydrogen) atoms. The van der Waals surface area contributed by atoms with Crippen LogP contribution in [0.5, 0.6) is 11.5 Å². The van der Waals surface area contributed by atoms with E-state index >= 15 is 0 Å². The van der Waals surface area contributed by atoms with Crippen LogP contribution in [0.4, 0.5) is 0 Å². The fraction of sp³-hybridized carbons (Fsp3) is 0.520. The fourth-order valence-corrected chi connectivity index (χ4v) is 2.98. The first-order valence-electron chi connectivity index (χ1n) is 10.3. The molecule has 0 spiro atoms. The van der Waals surface area contributed by atoms with Crippen molar-refractivity contribution in [1.29, 1.82) is 0 Å². The van der Waals surface area contributed by atoms with Gasteiger partial charge in [-0.25, -0.2) is 0 Å². The van der Waals surface area contributed by atoms with Gasteiger partial charge in [0, 0.05) is 0 Å². The summed E-state index contributed by atoms with van der Waals surface area (Å²) in [5.41, 5.74) is 3.95. The van der Waals surface area contributed by atoms with Crippen molar-refractivity contribution >= 4 is 0 Å². The van der Waals surface area contributed by atoms with Gasteiger partial charge < -0.3 is 14.2 Å². The van der Waals surface area contributed by atoms with Crippen molar-refractivity contribution in [2.45, 2.75) is 72.5 Å². The van der Waals surface area contributed by atoms with E-state index in [9.17, 15) is 0 Å². The van der Waals surface area contributed by atoms with E-state index < -0.39 is 0 Å². The quantitative estimate of drug-likeness (QED) is 0.359. The molecule has 0 heterocycles. The van der Waals surface area contributed by atoms with Gasteiger partial charge in [0.25, 0.3) is 0 Å². The van der Waals surface area contributed by atoms with Crippen molar-refractivity contribution in [1.82, 2.24) is 0 Å². The number of hydrogen-bond donors (Lipinski definition) is 0. The minimum Gasteiger partial charge on any atom is -0.491 e. The average molecular weight is 385 g/mol. The van der Waals surface area contributed by atoms with E-state index in [0.29, 0.717) is 19.1 Å². The largest absolute Gasteiger partial charge is 0.491 e. The molecule has 0 fully saturated rings. The second-order valence-electron chi connectivity index (χ2n) is 8.51. The topological polar surface area (TPSA) is 27.7 Å². The highest BCUT2D eigenvalue weighted by Crippen LogP contribution is 2.26. The Morgan fingerprint density at radius 2 is 1.61 bits per heavy atom. The summed E-state index contributed by atoms with van der Waals surface area (Å²) in [6.07, 6.45) is 0.818. The smallest absolute Gasteiger partial charge is 0.197 e. The summed E-state index contributed by atoms with van der Waals surface area (Å²) in [7, 11) is 0. The molecule has 0 saturated carbocycles. The van der Waals surface area contributed by atoms with Crippen LogP contribution in [0.3, 0.4) is 0 Å². The van der Waals surface area contributed by atoms with Crippen molar-refractivity contribution < 1.29 is 14.2 Å². The molecule has 2 aromatic rings. The van der Waals surface area contributed by atoms with Crippen molar-refractivity contribution in [3.05, 3.63) is 59.2 Å². The van der Waals surface area contributed by atoms with Crippen molar-refractivity contribution in [3.63, 3.8) is 0 Å². The molecule has 3 nitrogen and oxygen atoms in total. The predicted molar refractivity (Wildman–Crippen MR) is 117 cm³/mol.